The van der Waals surface area contributed by atoms with Gasteiger partial charge in [-0.25, -0.2) is 0 Å². The third-order valence-electron chi connectivity index (χ3n) is 8.53. The lowest BCUT2D eigenvalue weighted by Crippen LogP contribution is -2.66. The second kappa shape index (κ2) is 10.0. The summed E-state index contributed by atoms with van der Waals surface area (Å²) in [5.74, 6) is 0. The maximum absolute atomic E-state index is 11.5. The Morgan fingerprint density at radius 2 is 1.00 bits per heavy atom. The smallest absolute Gasteiger partial charge is 0.192 e. The molecule has 1 rings (SSSR count). The van der Waals surface area contributed by atoms with E-state index in [1.165, 1.54) is 0 Å². The minimum atomic E-state index is -2.27. The minimum Gasteiger partial charge on any atom is -0.414 e. The van der Waals surface area contributed by atoms with Gasteiger partial charge in [-0.15, -0.1) is 0 Å². The molecule has 9 heteroatoms. The van der Waals surface area contributed by atoms with Gasteiger partial charge in [0.05, 0.1) is 6.61 Å². The fourth-order valence-electron chi connectivity index (χ4n) is 2.85. The molecule has 33 heavy (non-hydrogen) atoms. The first-order valence-electron chi connectivity index (χ1n) is 12.4. The highest BCUT2D eigenvalue weighted by Crippen LogP contribution is 2.43. The van der Waals surface area contributed by atoms with Crippen molar-refractivity contribution < 1.29 is 28.2 Å². The van der Waals surface area contributed by atoms with Crippen LogP contribution in [0.3, 0.4) is 0 Å². The summed E-state index contributed by atoms with van der Waals surface area (Å²) in [7, 11) is -6.58. The highest BCUT2D eigenvalue weighted by Gasteiger charge is 2.53. The van der Waals surface area contributed by atoms with Crippen LogP contribution in [0.5, 0.6) is 0 Å². The van der Waals surface area contributed by atoms with Crippen molar-refractivity contribution in [3.63, 3.8) is 0 Å². The van der Waals surface area contributed by atoms with Gasteiger partial charge in [-0.2, -0.15) is 0 Å². The second-order valence-electron chi connectivity index (χ2n) is 14.3. The Morgan fingerprint density at radius 1 is 0.636 bits per heavy atom. The first-order chi connectivity index (χ1) is 14.3. The number of aliphatic hydroxyl groups excluding tert-OH is 2. The normalized spacial score (nSPS) is 28.8. The molecule has 198 valence electrons. The molecule has 0 unspecified atom stereocenters. The van der Waals surface area contributed by atoms with E-state index in [2.05, 4.69) is 102 Å². The molecule has 0 amide bonds. The predicted molar refractivity (Wildman–Crippen MR) is 144 cm³/mol. The Morgan fingerprint density at radius 3 is 1.36 bits per heavy atom. The lowest BCUT2D eigenvalue weighted by molar-refractivity contribution is -0.279. The molecule has 0 aromatic rings. The third kappa shape index (κ3) is 7.45. The molecule has 1 fully saturated rings. The van der Waals surface area contributed by atoms with Crippen molar-refractivity contribution in [1.29, 1.82) is 0 Å². The highest BCUT2D eigenvalue weighted by molar-refractivity contribution is 6.75. The minimum absolute atomic E-state index is 0.0380. The summed E-state index contributed by atoms with van der Waals surface area (Å²) in [5, 5.41) is 22.5. The van der Waals surface area contributed by atoms with Gasteiger partial charge in [-0.3, -0.25) is 0 Å². The van der Waals surface area contributed by atoms with E-state index >= 15 is 0 Å². The van der Waals surface area contributed by atoms with E-state index in [0.717, 1.165) is 0 Å². The second-order valence-corrected chi connectivity index (χ2v) is 28.6. The van der Waals surface area contributed by atoms with E-state index in [1.54, 1.807) is 0 Å². The van der Waals surface area contributed by atoms with Crippen LogP contribution in [0, 0.1) is 0 Å². The van der Waals surface area contributed by atoms with Crippen LogP contribution in [0.2, 0.25) is 54.4 Å². The number of hydrogen-bond acceptors (Lipinski definition) is 6. The van der Waals surface area contributed by atoms with E-state index in [9.17, 15) is 10.2 Å². The molecule has 0 aromatic heterocycles. The van der Waals surface area contributed by atoms with Gasteiger partial charge in [-0.1, -0.05) is 62.3 Å². The molecule has 0 spiro atoms. The average molecular weight is 523 g/mol. The first kappa shape index (κ1) is 31.4. The van der Waals surface area contributed by atoms with E-state index in [1.807, 2.05) is 0 Å². The van der Waals surface area contributed by atoms with Gasteiger partial charge in [0.15, 0.2) is 31.2 Å². The van der Waals surface area contributed by atoms with Crippen molar-refractivity contribution in [1.82, 2.24) is 0 Å². The predicted octanol–water partition coefficient (Wildman–Crippen LogP) is 5.87. The summed E-state index contributed by atoms with van der Waals surface area (Å²) in [6.45, 7) is 32.7. The molecule has 1 aliphatic heterocycles. The SMILES string of the molecule is CC(C)(C)[Si](C)(C)OC[C@H]1O[C@H](O)[C@@H](O[Si](C)(C)C(C)(C)C)[C@@H](O[Si](C)(C)C(C)(C)C)[C@@H]1O. The van der Waals surface area contributed by atoms with Gasteiger partial charge < -0.3 is 28.2 Å². The lowest BCUT2D eigenvalue weighted by atomic mass is 9.99. The van der Waals surface area contributed by atoms with E-state index in [0.29, 0.717) is 0 Å². The highest BCUT2D eigenvalue weighted by atomic mass is 28.4. The fourth-order valence-corrected chi connectivity index (χ4v) is 6.45. The standard InChI is InChI=1S/C24H54O6Si3/c1-22(2,3)31(10,11)27-16-17-18(25)19(29-32(12,13)23(4,5)6)20(21(26)28-17)30-33(14,15)24(7,8)9/h17-21,25-26H,16H2,1-15H3/t17-,18-,19+,20+,21+/m1/s1. The zero-order valence-corrected chi connectivity index (χ0v) is 27.1. The van der Waals surface area contributed by atoms with Crippen molar-refractivity contribution >= 4 is 25.0 Å². The molecule has 0 bridgehead atoms. The van der Waals surface area contributed by atoms with Gasteiger partial charge in [0.25, 0.3) is 0 Å². The van der Waals surface area contributed by atoms with Gasteiger partial charge in [-0.05, 0) is 54.4 Å². The van der Waals surface area contributed by atoms with E-state index in [-0.39, 0.29) is 21.7 Å². The topological polar surface area (TPSA) is 77.4 Å². The Balaban J connectivity index is 3.28. The molecule has 0 aliphatic carbocycles. The monoisotopic (exact) mass is 522 g/mol. The number of aliphatic hydroxyl groups is 2. The summed E-state index contributed by atoms with van der Waals surface area (Å²) in [6, 6.07) is 0. The Bertz CT molecular complexity index is 646. The first-order valence-corrected chi connectivity index (χ1v) is 21.1. The van der Waals surface area contributed by atoms with Crippen LogP contribution in [-0.4, -0.2) is 72.5 Å². The number of ether oxygens (including phenoxy) is 1. The van der Waals surface area contributed by atoms with Crippen LogP contribution >= 0.6 is 0 Å². The van der Waals surface area contributed by atoms with Crippen molar-refractivity contribution in [3.8, 4) is 0 Å². The summed E-state index contributed by atoms with van der Waals surface area (Å²) in [5.41, 5.74) is 0. The zero-order valence-electron chi connectivity index (χ0n) is 24.1. The summed E-state index contributed by atoms with van der Waals surface area (Å²) >= 11 is 0. The molecule has 1 aliphatic rings. The van der Waals surface area contributed by atoms with Crippen molar-refractivity contribution in [2.24, 2.45) is 0 Å². The van der Waals surface area contributed by atoms with Crippen LogP contribution in [0.4, 0.5) is 0 Å². The summed E-state index contributed by atoms with van der Waals surface area (Å²) in [4.78, 5) is 0. The summed E-state index contributed by atoms with van der Waals surface area (Å²) in [6.07, 6.45) is -4.26. The van der Waals surface area contributed by atoms with Gasteiger partial charge in [0.1, 0.15) is 24.4 Å². The van der Waals surface area contributed by atoms with Gasteiger partial charge >= 0.3 is 0 Å². The van der Waals surface area contributed by atoms with Crippen molar-refractivity contribution in [2.75, 3.05) is 6.61 Å². The largest absolute Gasteiger partial charge is 0.414 e. The molecular weight excluding hydrogens is 469 g/mol. The van der Waals surface area contributed by atoms with Crippen LogP contribution < -0.4 is 0 Å². The van der Waals surface area contributed by atoms with Crippen LogP contribution in [0.25, 0.3) is 0 Å². The Hall–Kier alpha value is 0.411. The maximum Gasteiger partial charge on any atom is 0.192 e. The molecule has 1 saturated heterocycles. The van der Waals surface area contributed by atoms with Crippen molar-refractivity contribution in [2.45, 2.75) is 147 Å². The average Bonchev–Trinajstić information content (AvgIpc) is 2.56. The van der Waals surface area contributed by atoms with Crippen molar-refractivity contribution in [3.05, 3.63) is 0 Å². The van der Waals surface area contributed by atoms with Crippen LogP contribution in [0.15, 0.2) is 0 Å². The quantitative estimate of drug-likeness (QED) is 0.407. The number of rotatable bonds is 7. The molecule has 5 atom stereocenters. The van der Waals surface area contributed by atoms with Crippen LogP contribution in [-0.2, 0) is 18.0 Å². The molecule has 6 nitrogen and oxygen atoms in total. The van der Waals surface area contributed by atoms with Crippen LogP contribution in [0.1, 0.15) is 62.3 Å². The molecule has 0 saturated carbocycles. The summed E-state index contributed by atoms with van der Waals surface area (Å²) < 4.78 is 25.6. The fraction of sp³-hybridized carbons (Fsp3) is 1.00. The molecule has 2 N–H and O–H groups in total. The molecular formula is C24H54O6Si3. The maximum atomic E-state index is 11.5. The van der Waals surface area contributed by atoms with E-state index in [4.69, 9.17) is 18.0 Å². The van der Waals surface area contributed by atoms with Gasteiger partial charge in [0.2, 0.25) is 0 Å². The Kier molecular flexibility index (Phi) is 9.57. The molecule has 0 aromatic carbocycles. The molecule has 0 radical (unpaired) electrons. The van der Waals surface area contributed by atoms with E-state index < -0.39 is 55.7 Å². The lowest BCUT2D eigenvalue weighted by Gasteiger charge is -2.51. The number of hydrogen-bond donors (Lipinski definition) is 2. The zero-order chi connectivity index (χ0) is 26.4. The third-order valence-corrected chi connectivity index (χ3v) is 22.0. The molecule has 1 heterocycles. The van der Waals surface area contributed by atoms with Gasteiger partial charge in [0, 0.05) is 0 Å². The Labute approximate surface area is 207 Å².